The molecule has 0 amide bonds. The van der Waals surface area contributed by atoms with Crippen LogP contribution >= 0.6 is 11.8 Å². The van der Waals surface area contributed by atoms with Crippen LogP contribution in [-0.4, -0.2) is 18.8 Å². The average molecular weight is 293 g/mol. The number of hydrogen-bond donors (Lipinski definition) is 0. The maximum absolute atomic E-state index is 13.7. The molecule has 5 heteroatoms. The summed E-state index contributed by atoms with van der Waals surface area (Å²) in [5.41, 5.74) is 0.990. The van der Waals surface area contributed by atoms with E-state index in [-0.39, 0.29) is 17.2 Å². The normalized spacial score (nSPS) is 15.4. The van der Waals surface area contributed by atoms with Crippen LogP contribution in [0.4, 0.5) is 4.39 Å². The largest absolute Gasteiger partial charge is 0.469 e. The van der Waals surface area contributed by atoms with Gasteiger partial charge in [-0.2, -0.15) is 17.0 Å². The molecular weight excluding hydrogens is 277 g/mol. The number of hydrogen-bond acceptors (Lipinski definition) is 4. The van der Waals surface area contributed by atoms with Crippen molar-refractivity contribution >= 4 is 17.7 Å². The molecule has 1 aliphatic rings. The fraction of sp³-hybridized carbons (Fsp3) is 0.467. The maximum Gasteiger partial charge on any atom is 0.306 e. The predicted octanol–water partition coefficient (Wildman–Crippen LogP) is 3.27. The summed E-state index contributed by atoms with van der Waals surface area (Å²) in [5.74, 6) is 0.879. The van der Waals surface area contributed by atoms with Crippen molar-refractivity contribution in [1.82, 2.24) is 0 Å². The van der Waals surface area contributed by atoms with Crippen molar-refractivity contribution in [2.75, 3.05) is 12.9 Å². The van der Waals surface area contributed by atoms with Gasteiger partial charge in [-0.15, -0.1) is 0 Å². The van der Waals surface area contributed by atoms with Gasteiger partial charge >= 0.3 is 5.97 Å². The predicted molar refractivity (Wildman–Crippen MR) is 75.6 cm³/mol. The van der Waals surface area contributed by atoms with Crippen molar-refractivity contribution in [3.05, 3.63) is 35.1 Å². The van der Waals surface area contributed by atoms with Gasteiger partial charge in [0.2, 0.25) is 0 Å². The Balaban J connectivity index is 1.85. The topological polar surface area (TPSA) is 50.1 Å². The monoisotopic (exact) mass is 293 g/mol. The van der Waals surface area contributed by atoms with E-state index in [0.717, 1.165) is 18.6 Å². The smallest absolute Gasteiger partial charge is 0.306 e. The van der Waals surface area contributed by atoms with Crippen LogP contribution in [0, 0.1) is 22.6 Å². The second-order valence-electron chi connectivity index (χ2n) is 5.16. The molecule has 0 unspecified atom stereocenters. The molecule has 0 saturated heterocycles. The number of esters is 1. The molecular formula is C15H16FNO2S. The molecule has 0 radical (unpaired) electrons. The molecule has 1 aliphatic carbocycles. The zero-order valence-corrected chi connectivity index (χ0v) is 12.1. The van der Waals surface area contributed by atoms with Crippen LogP contribution < -0.4 is 0 Å². The van der Waals surface area contributed by atoms with Crippen LogP contribution in [0.15, 0.2) is 18.2 Å². The third-order valence-electron chi connectivity index (χ3n) is 3.55. The van der Waals surface area contributed by atoms with Gasteiger partial charge < -0.3 is 4.74 Å². The minimum atomic E-state index is -0.339. The fourth-order valence-corrected chi connectivity index (χ4v) is 3.42. The van der Waals surface area contributed by atoms with Crippen LogP contribution in [0.1, 0.15) is 30.4 Å². The van der Waals surface area contributed by atoms with Crippen LogP contribution in [0.2, 0.25) is 0 Å². The lowest BCUT2D eigenvalue weighted by molar-refractivity contribution is -0.141. The molecule has 1 aromatic rings. The second-order valence-corrected chi connectivity index (χ2v) is 6.15. The number of halogens is 1. The molecule has 0 aliphatic heterocycles. The molecule has 106 valence electrons. The Kier molecular flexibility index (Phi) is 4.66. The molecule has 20 heavy (non-hydrogen) atoms. The highest BCUT2D eigenvalue weighted by atomic mass is 32.2. The molecule has 0 spiro atoms. The molecule has 0 bridgehead atoms. The highest BCUT2D eigenvalue weighted by molar-refractivity contribution is 7.98. The van der Waals surface area contributed by atoms with Crippen molar-refractivity contribution in [3.8, 4) is 6.07 Å². The number of carbonyl (C=O) groups excluding carboxylic acids is 1. The van der Waals surface area contributed by atoms with Crippen LogP contribution in [0.25, 0.3) is 0 Å². The Morgan fingerprint density at radius 3 is 2.85 bits per heavy atom. The Hall–Kier alpha value is -1.54. The Labute approximate surface area is 122 Å². The number of thioether (sulfide) groups is 1. The van der Waals surface area contributed by atoms with Gasteiger partial charge in [0.05, 0.1) is 25.2 Å². The lowest BCUT2D eigenvalue weighted by Gasteiger charge is -2.13. The van der Waals surface area contributed by atoms with Crippen molar-refractivity contribution in [1.29, 1.82) is 5.26 Å². The van der Waals surface area contributed by atoms with E-state index in [9.17, 15) is 9.18 Å². The Bertz CT molecular complexity index is 549. The maximum atomic E-state index is 13.7. The quantitative estimate of drug-likeness (QED) is 0.755. The Morgan fingerprint density at radius 1 is 1.55 bits per heavy atom. The van der Waals surface area contributed by atoms with Gasteiger partial charge in [-0.25, -0.2) is 4.39 Å². The summed E-state index contributed by atoms with van der Waals surface area (Å²) in [6.45, 7) is 0. The van der Waals surface area contributed by atoms with E-state index in [1.54, 1.807) is 23.9 Å². The van der Waals surface area contributed by atoms with Crippen LogP contribution in [0.5, 0.6) is 0 Å². The van der Waals surface area contributed by atoms with Crippen molar-refractivity contribution in [3.63, 3.8) is 0 Å². The molecule has 2 rings (SSSR count). The standard InChI is InChI=1S/C15H16FNO2S/c1-19-14(18)7-15(4-5-15)10-20-9-12-3-2-11(8-17)6-13(12)16/h2-3,6H,4-5,7,9-10H2,1H3. The molecule has 0 atom stereocenters. The number of nitrogens with zero attached hydrogens (tertiary/aromatic N) is 1. The van der Waals surface area contributed by atoms with Gasteiger partial charge in [-0.05, 0) is 41.7 Å². The van der Waals surface area contributed by atoms with E-state index in [1.165, 1.54) is 13.2 Å². The van der Waals surface area contributed by atoms with E-state index < -0.39 is 0 Å². The number of nitriles is 1. The van der Waals surface area contributed by atoms with Crippen molar-refractivity contribution in [2.24, 2.45) is 5.41 Å². The van der Waals surface area contributed by atoms with Crippen molar-refractivity contribution < 1.29 is 13.9 Å². The lowest BCUT2D eigenvalue weighted by Crippen LogP contribution is -2.13. The van der Waals surface area contributed by atoms with E-state index in [0.29, 0.717) is 23.3 Å². The van der Waals surface area contributed by atoms with Crippen molar-refractivity contribution in [2.45, 2.75) is 25.0 Å². The van der Waals surface area contributed by atoms with E-state index in [1.807, 2.05) is 6.07 Å². The Morgan fingerprint density at radius 2 is 2.30 bits per heavy atom. The average Bonchev–Trinajstić information content (AvgIpc) is 3.20. The molecule has 1 aromatic carbocycles. The molecule has 1 saturated carbocycles. The third kappa shape index (κ3) is 3.73. The first-order chi connectivity index (χ1) is 9.58. The van der Waals surface area contributed by atoms with E-state index >= 15 is 0 Å². The third-order valence-corrected chi connectivity index (χ3v) is 4.88. The molecule has 1 fully saturated rings. The molecule has 3 nitrogen and oxygen atoms in total. The highest BCUT2D eigenvalue weighted by Crippen LogP contribution is 2.51. The minimum Gasteiger partial charge on any atom is -0.469 e. The number of methoxy groups -OCH3 is 1. The number of rotatable bonds is 6. The highest BCUT2D eigenvalue weighted by Gasteiger charge is 2.44. The van der Waals surface area contributed by atoms with Crippen LogP contribution in [0.3, 0.4) is 0 Å². The first-order valence-corrected chi connectivity index (χ1v) is 7.57. The summed E-state index contributed by atoms with van der Waals surface area (Å²) < 4.78 is 18.4. The zero-order valence-electron chi connectivity index (χ0n) is 11.3. The fourth-order valence-electron chi connectivity index (χ4n) is 2.04. The van der Waals surface area contributed by atoms with Gasteiger partial charge in [0.25, 0.3) is 0 Å². The minimum absolute atomic E-state index is 0.0564. The first-order valence-electron chi connectivity index (χ1n) is 6.42. The van der Waals surface area contributed by atoms with Gasteiger partial charge in [0.15, 0.2) is 0 Å². The number of carbonyl (C=O) groups is 1. The SMILES string of the molecule is COC(=O)CC1(CSCc2ccc(C#N)cc2F)CC1. The number of benzene rings is 1. The summed E-state index contributed by atoms with van der Waals surface area (Å²) in [5, 5.41) is 8.69. The molecule has 0 heterocycles. The van der Waals surface area contributed by atoms with E-state index in [2.05, 4.69) is 0 Å². The van der Waals surface area contributed by atoms with E-state index in [4.69, 9.17) is 10.00 Å². The summed E-state index contributed by atoms with van der Waals surface area (Å²) in [6, 6.07) is 6.46. The summed E-state index contributed by atoms with van der Waals surface area (Å²) >= 11 is 1.63. The molecule has 0 N–H and O–H groups in total. The van der Waals surface area contributed by atoms with Gasteiger partial charge in [0, 0.05) is 5.75 Å². The van der Waals surface area contributed by atoms with Gasteiger partial charge in [-0.3, -0.25) is 4.79 Å². The van der Waals surface area contributed by atoms with Gasteiger partial charge in [-0.1, -0.05) is 6.07 Å². The number of ether oxygens (including phenoxy) is 1. The summed E-state index contributed by atoms with van der Waals surface area (Å²) in [7, 11) is 1.40. The van der Waals surface area contributed by atoms with Crippen LogP contribution in [-0.2, 0) is 15.3 Å². The zero-order chi connectivity index (χ0) is 14.6. The second kappa shape index (κ2) is 6.27. The first kappa shape index (κ1) is 14.9. The molecule has 0 aromatic heterocycles. The van der Waals surface area contributed by atoms with Gasteiger partial charge in [0.1, 0.15) is 5.82 Å². The summed E-state index contributed by atoms with van der Waals surface area (Å²) in [6.07, 6.45) is 2.52. The lowest BCUT2D eigenvalue weighted by atomic mass is 10.1. The summed E-state index contributed by atoms with van der Waals surface area (Å²) in [4.78, 5) is 11.3.